The zero-order valence-electron chi connectivity index (χ0n) is 9.60. The molecule has 0 aliphatic carbocycles. The smallest absolute Gasteiger partial charge is 0.154 e. The van der Waals surface area contributed by atoms with E-state index in [-0.39, 0.29) is 0 Å². The summed E-state index contributed by atoms with van der Waals surface area (Å²) < 4.78 is 0. The number of thiophene rings is 1. The van der Waals surface area contributed by atoms with Gasteiger partial charge in [-0.2, -0.15) is 0 Å². The fourth-order valence-electron chi connectivity index (χ4n) is 1.49. The first-order valence-electron chi connectivity index (χ1n) is 5.35. The van der Waals surface area contributed by atoms with Crippen molar-refractivity contribution in [2.45, 2.75) is 6.42 Å². The van der Waals surface area contributed by atoms with E-state index in [1.165, 1.54) is 11.2 Å². The lowest BCUT2D eigenvalue weighted by Gasteiger charge is -2.09. The first kappa shape index (κ1) is 11.7. The van der Waals surface area contributed by atoms with Crippen molar-refractivity contribution in [3.63, 3.8) is 0 Å². The number of anilines is 3. The number of nitrogens with two attached hydrogens (primary N) is 1. The zero-order chi connectivity index (χ0) is 12.1. The topological polar surface area (TPSA) is 75.9 Å². The normalized spacial score (nSPS) is 10.2. The average molecular weight is 249 g/mol. The van der Waals surface area contributed by atoms with Crippen molar-refractivity contribution in [3.05, 3.63) is 28.7 Å². The Kier molecular flexibility index (Phi) is 3.77. The standard InChI is InChI=1S/C11H15N5S/c1-13-10-9(12)11(16-7-15-10)14-5-4-8-3-2-6-17-8/h2-3,6-7H,4-5,12H2,1H3,(H2,13,14,15,16). The molecular formula is C11H15N5S. The van der Waals surface area contributed by atoms with Crippen molar-refractivity contribution in [1.82, 2.24) is 9.97 Å². The molecular weight excluding hydrogens is 234 g/mol. The third-order valence-electron chi connectivity index (χ3n) is 2.36. The van der Waals surface area contributed by atoms with Crippen LogP contribution in [0.2, 0.25) is 0 Å². The van der Waals surface area contributed by atoms with Gasteiger partial charge in [0.25, 0.3) is 0 Å². The lowest BCUT2D eigenvalue weighted by atomic mass is 10.3. The molecule has 0 saturated carbocycles. The van der Waals surface area contributed by atoms with E-state index in [0.29, 0.717) is 17.3 Å². The van der Waals surface area contributed by atoms with Crippen LogP contribution in [0.25, 0.3) is 0 Å². The first-order chi connectivity index (χ1) is 8.31. The van der Waals surface area contributed by atoms with Gasteiger partial charge in [0.05, 0.1) is 0 Å². The molecule has 2 rings (SSSR count). The number of nitrogens with one attached hydrogen (secondary N) is 2. The molecule has 0 saturated heterocycles. The Bertz CT molecular complexity index is 469. The highest BCUT2D eigenvalue weighted by atomic mass is 32.1. The molecule has 17 heavy (non-hydrogen) atoms. The maximum atomic E-state index is 5.91. The molecule has 0 amide bonds. The zero-order valence-corrected chi connectivity index (χ0v) is 10.4. The van der Waals surface area contributed by atoms with Crippen LogP contribution in [0.15, 0.2) is 23.8 Å². The van der Waals surface area contributed by atoms with Gasteiger partial charge in [-0.15, -0.1) is 11.3 Å². The summed E-state index contributed by atoms with van der Waals surface area (Å²) in [5.41, 5.74) is 6.46. The van der Waals surface area contributed by atoms with Gasteiger partial charge >= 0.3 is 0 Å². The van der Waals surface area contributed by atoms with Crippen LogP contribution in [-0.2, 0) is 6.42 Å². The fourth-order valence-corrected chi connectivity index (χ4v) is 2.20. The third-order valence-corrected chi connectivity index (χ3v) is 3.30. The van der Waals surface area contributed by atoms with E-state index in [1.807, 2.05) is 0 Å². The minimum absolute atomic E-state index is 0.557. The first-order valence-corrected chi connectivity index (χ1v) is 6.23. The van der Waals surface area contributed by atoms with Crippen LogP contribution in [0, 0.1) is 0 Å². The molecule has 0 aliphatic rings. The SMILES string of the molecule is CNc1ncnc(NCCc2cccs2)c1N. The number of nitrogen functional groups attached to an aromatic ring is 1. The summed E-state index contributed by atoms with van der Waals surface area (Å²) >= 11 is 1.75. The molecule has 90 valence electrons. The van der Waals surface area contributed by atoms with Crippen LogP contribution in [0.3, 0.4) is 0 Å². The molecule has 0 unspecified atom stereocenters. The minimum atomic E-state index is 0.557. The van der Waals surface area contributed by atoms with Crippen molar-refractivity contribution in [1.29, 1.82) is 0 Å². The molecule has 0 radical (unpaired) electrons. The summed E-state index contributed by atoms with van der Waals surface area (Å²) in [6, 6.07) is 4.17. The number of hydrogen-bond acceptors (Lipinski definition) is 6. The van der Waals surface area contributed by atoms with E-state index in [2.05, 4.69) is 38.1 Å². The van der Waals surface area contributed by atoms with Crippen molar-refractivity contribution in [2.75, 3.05) is 30.0 Å². The van der Waals surface area contributed by atoms with Crippen molar-refractivity contribution >= 4 is 28.7 Å². The van der Waals surface area contributed by atoms with E-state index in [1.54, 1.807) is 18.4 Å². The molecule has 0 atom stereocenters. The molecule has 0 aromatic carbocycles. The highest BCUT2D eigenvalue weighted by Gasteiger charge is 2.05. The molecule has 0 fully saturated rings. The molecule has 2 aromatic heterocycles. The molecule has 5 nitrogen and oxygen atoms in total. The third kappa shape index (κ3) is 2.85. The molecule has 0 spiro atoms. The molecule has 2 heterocycles. The summed E-state index contributed by atoms with van der Waals surface area (Å²) in [7, 11) is 1.79. The second-order valence-electron chi connectivity index (χ2n) is 3.49. The Morgan fingerprint density at radius 2 is 2.18 bits per heavy atom. The van der Waals surface area contributed by atoms with Crippen LogP contribution in [0.1, 0.15) is 4.88 Å². The van der Waals surface area contributed by atoms with Crippen LogP contribution < -0.4 is 16.4 Å². The van der Waals surface area contributed by atoms with Crippen molar-refractivity contribution < 1.29 is 0 Å². The quantitative estimate of drug-likeness (QED) is 0.753. The van der Waals surface area contributed by atoms with E-state index in [9.17, 15) is 0 Å². The Labute approximate surface area is 104 Å². The molecule has 2 aromatic rings. The highest BCUT2D eigenvalue weighted by molar-refractivity contribution is 7.09. The number of rotatable bonds is 5. The number of aromatic nitrogens is 2. The molecule has 6 heteroatoms. The molecule has 4 N–H and O–H groups in total. The maximum absolute atomic E-state index is 5.91. The number of nitrogens with zero attached hydrogens (tertiary/aromatic N) is 2. The van der Waals surface area contributed by atoms with Gasteiger partial charge in [-0.05, 0) is 17.9 Å². The Balaban J connectivity index is 1.95. The van der Waals surface area contributed by atoms with E-state index >= 15 is 0 Å². The van der Waals surface area contributed by atoms with Crippen molar-refractivity contribution in [3.8, 4) is 0 Å². The van der Waals surface area contributed by atoms with Gasteiger partial charge in [0.15, 0.2) is 11.6 Å². The Hall–Kier alpha value is -1.82. The highest BCUT2D eigenvalue weighted by Crippen LogP contribution is 2.21. The van der Waals surface area contributed by atoms with E-state index in [4.69, 9.17) is 5.73 Å². The van der Waals surface area contributed by atoms with Gasteiger partial charge in [0, 0.05) is 18.5 Å². The van der Waals surface area contributed by atoms with Gasteiger partial charge < -0.3 is 16.4 Å². The van der Waals surface area contributed by atoms with E-state index < -0.39 is 0 Å². The molecule has 0 bridgehead atoms. The summed E-state index contributed by atoms with van der Waals surface area (Å²) in [6.45, 7) is 0.810. The van der Waals surface area contributed by atoms with Crippen LogP contribution in [0.5, 0.6) is 0 Å². The predicted molar refractivity (Wildman–Crippen MR) is 72.5 cm³/mol. The fraction of sp³-hybridized carbons (Fsp3) is 0.273. The van der Waals surface area contributed by atoms with Gasteiger partial charge in [-0.25, -0.2) is 9.97 Å². The largest absolute Gasteiger partial charge is 0.393 e. The summed E-state index contributed by atoms with van der Waals surface area (Å²) in [5.74, 6) is 1.33. The summed E-state index contributed by atoms with van der Waals surface area (Å²) in [5, 5.41) is 8.22. The van der Waals surface area contributed by atoms with E-state index in [0.717, 1.165) is 13.0 Å². The Morgan fingerprint density at radius 3 is 2.88 bits per heavy atom. The summed E-state index contributed by atoms with van der Waals surface area (Å²) in [4.78, 5) is 9.50. The predicted octanol–water partition coefficient (Wildman–Crippen LogP) is 1.82. The Morgan fingerprint density at radius 1 is 1.35 bits per heavy atom. The monoisotopic (exact) mass is 249 g/mol. The summed E-state index contributed by atoms with van der Waals surface area (Å²) in [6.07, 6.45) is 2.46. The van der Waals surface area contributed by atoms with Crippen LogP contribution >= 0.6 is 11.3 Å². The van der Waals surface area contributed by atoms with Gasteiger partial charge in [0.2, 0.25) is 0 Å². The second kappa shape index (κ2) is 5.49. The lowest BCUT2D eigenvalue weighted by Crippen LogP contribution is -2.10. The second-order valence-corrected chi connectivity index (χ2v) is 4.52. The van der Waals surface area contributed by atoms with Gasteiger partial charge in [0.1, 0.15) is 12.0 Å². The van der Waals surface area contributed by atoms with Crippen molar-refractivity contribution in [2.24, 2.45) is 0 Å². The average Bonchev–Trinajstić information content (AvgIpc) is 2.84. The van der Waals surface area contributed by atoms with Crippen LogP contribution in [0.4, 0.5) is 17.3 Å². The van der Waals surface area contributed by atoms with Crippen LogP contribution in [-0.4, -0.2) is 23.6 Å². The van der Waals surface area contributed by atoms with Gasteiger partial charge in [-0.3, -0.25) is 0 Å². The molecule has 0 aliphatic heterocycles. The maximum Gasteiger partial charge on any atom is 0.154 e. The number of hydrogen-bond donors (Lipinski definition) is 3. The van der Waals surface area contributed by atoms with Gasteiger partial charge in [-0.1, -0.05) is 6.07 Å². The lowest BCUT2D eigenvalue weighted by molar-refractivity contribution is 1.02. The minimum Gasteiger partial charge on any atom is -0.393 e.